The van der Waals surface area contributed by atoms with Crippen LogP contribution in [0.5, 0.6) is 5.75 Å². The molecule has 0 spiro atoms. The molecule has 3 aromatic rings. The molecule has 0 aromatic heterocycles. The Balaban J connectivity index is 1.75. The zero-order valence-corrected chi connectivity index (χ0v) is 22.3. The van der Waals surface area contributed by atoms with Gasteiger partial charge in [0.15, 0.2) is 0 Å². The summed E-state index contributed by atoms with van der Waals surface area (Å²) in [5.41, 5.74) is 1.43. The molecule has 38 heavy (non-hydrogen) atoms. The van der Waals surface area contributed by atoms with Gasteiger partial charge in [-0.15, -0.1) is 0 Å². The summed E-state index contributed by atoms with van der Waals surface area (Å²) in [6, 6.07) is 21.1. The Kier molecular flexibility index (Phi) is 10.6. The van der Waals surface area contributed by atoms with E-state index in [4.69, 9.17) is 21.4 Å². The van der Waals surface area contributed by atoms with Gasteiger partial charge >= 0.3 is 12.1 Å². The maximum absolute atomic E-state index is 13.5. The number of carbonyl (C=O) groups is 1. The van der Waals surface area contributed by atoms with Gasteiger partial charge in [0.05, 0.1) is 23.6 Å². The molecule has 8 heteroatoms. The van der Waals surface area contributed by atoms with E-state index in [1.54, 1.807) is 30.3 Å². The first-order chi connectivity index (χ1) is 18.0. The van der Waals surface area contributed by atoms with Crippen molar-refractivity contribution in [2.45, 2.75) is 45.3 Å². The van der Waals surface area contributed by atoms with Crippen LogP contribution in [0.1, 0.15) is 48.4 Å². The van der Waals surface area contributed by atoms with E-state index in [2.05, 4.69) is 30.9 Å². The molecule has 0 saturated carbocycles. The molecule has 1 atom stereocenters. The number of hydrogen-bond acceptors (Lipinski definition) is 3. The molecule has 3 aromatic carbocycles. The molecule has 0 heterocycles. The van der Waals surface area contributed by atoms with Crippen molar-refractivity contribution < 1.29 is 27.8 Å². The van der Waals surface area contributed by atoms with Crippen molar-refractivity contribution in [3.8, 4) is 5.75 Å². The minimum atomic E-state index is -4.52. The molecule has 0 aliphatic heterocycles. The zero-order chi connectivity index (χ0) is 27.7. The van der Waals surface area contributed by atoms with Crippen molar-refractivity contribution in [3.63, 3.8) is 0 Å². The van der Waals surface area contributed by atoms with Crippen molar-refractivity contribution in [3.05, 3.63) is 100 Å². The number of alkyl halides is 3. The SMILES string of the molecule is CC(C)[C@H](CN(CCCOc1cccc(CC(=O)O)c1)Cc1cccc(C(F)(F)F)c1Cl)c1ccccc1. The van der Waals surface area contributed by atoms with E-state index < -0.39 is 17.7 Å². The van der Waals surface area contributed by atoms with Crippen LogP contribution in [0.15, 0.2) is 72.8 Å². The standard InChI is InChI=1S/C30H33ClF3NO3/c1-21(2)26(23-10-4-3-5-11-23)20-35(19-24-12-7-14-27(29(24)31)30(32,33)34)15-8-16-38-25-13-6-9-22(17-25)18-28(36)37/h3-7,9-14,17,21,26H,8,15-16,18-20H2,1-2H3,(H,36,37)/t26-/m0/s1. The number of halogens is 4. The van der Waals surface area contributed by atoms with Gasteiger partial charge in [-0.1, -0.05) is 80.0 Å². The molecular weight excluding hydrogens is 515 g/mol. The summed E-state index contributed by atoms with van der Waals surface area (Å²) in [4.78, 5) is 13.1. The molecule has 4 nitrogen and oxygen atoms in total. The Labute approximate surface area is 227 Å². The largest absolute Gasteiger partial charge is 0.494 e. The average molecular weight is 548 g/mol. The van der Waals surface area contributed by atoms with Crippen molar-refractivity contribution >= 4 is 17.6 Å². The molecule has 0 aliphatic rings. The summed E-state index contributed by atoms with van der Waals surface area (Å²) >= 11 is 6.23. The highest BCUT2D eigenvalue weighted by Gasteiger charge is 2.34. The van der Waals surface area contributed by atoms with Crippen LogP contribution in [0.25, 0.3) is 0 Å². The summed E-state index contributed by atoms with van der Waals surface area (Å²) in [6.07, 6.45) is -3.98. The number of benzene rings is 3. The lowest BCUT2D eigenvalue weighted by Crippen LogP contribution is -2.32. The van der Waals surface area contributed by atoms with E-state index in [1.165, 1.54) is 11.6 Å². The van der Waals surface area contributed by atoms with Gasteiger partial charge < -0.3 is 9.84 Å². The maximum Gasteiger partial charge on any atom is 0.417 e. The number of rotatable bonds is 13. The van der Waals surface area contributed by atoms with Crippen LogP contribution in [-0.2, 0) is 23.9 Å². The first kappa shape index (κ1) is 29.5. The molecule has 1 N–H and O–H groups in total. The number of ether oxygens (including phenoxy) is 1. The van der Waals surface area contributed by atoms with Gasteiger partial charge in [0, 0.05) is 19.6 Å². The molecular formula is C30H33ClF3NO3. The molecule has 0 fully saturated rings. The predicted molar refractivity (Wildman–Crippen MR) is 144 cm³/mol. The van der Waals surface area contributed by atoms with Crippen LogP contribution in [-0.4, -0.2) is 35.7 Å². The molecule has 0 radical (unpaired) electrons. The second-order valence-electron chi connectivity index (χ2n) is 9.69. The number of aliphatic carboxylic acids is 1. The number of carboxylic acid groups (broad SMARTS) is 1. The van der Waals surface area contributed by atoms with Crippen LogP contribution in [0, 0.1) is 5.92 Å². The summed E-state index contributed by atoms with van der Waals surface area (Å²) in [5, 5.41) is 8.74. The van der Waals surface area contributed by atoms with Crippen LogP contribution >= 0.6 is 11.6 Å². The van der Waals surface area contributed by atoms with Crippen LogP contribution < -0.4 is 4.74 Å². The molecule has 0 aliphatic carbocycles. The minimum Gasteiger partial charge on any atom is -0.494 e. The fraction of sp³-hybridized carbons (Fsp3) is 0.367. The predicted octanol–water partition coefficient (Wildman–Crippen LogP) is 7.70. The maximum atomic E-state index is 13.5. The Morgan fingerprint density at radius 1 is 1.03 bits per heavy atom. The average Bonchev–Trinajstić information content (AvgIpc) is 2.85. The third-order valence-electron chi connectivity index (χ3n) is 6.41. The van der Waals surface area contributed by atoms with E-state index in [0.717, 1.165) is 6.07 Å². The Bertz CT molecular complexity index is 1180. The third kappa shape index (κ3) is 8.77. The smallest absolute Gasteiger partial charge is 0.417 e. The Hall–Kier alpha value is -3.03. The van der Waals surface area contributed by atoms with Gasteiger partial charge in [-0.3, -0.25) is 9.69 Å². The monoisotopic (exact) mass is 547 g/mol. The van der Waals surface area contributed by atoms with E-state index in [9.17, 15) is 18.0 Å². The molecule has 204 valence electrons. The van der Waals surface area contributed by atoms with Gasteiger partial charge in [0.25, 0.3) is 0 Å². The lowest BCUT2D eigenvalue weighted by molar-refractivity contribution is -0.138. The van der Waals surface area contributed by atoms with Crippen LogP contribution in [0.2, 0.25) is 5.02 Å². The highest BCUT2D eigenvalue weighted by molar-refractivity contribution is 6.32. The summed E-state index contributed by atoms with van der Waals surface area (Å²) in [7, 11) is 0. The Morgan fingerprint density at radius 3 is 2.39 bits per heavy atom. The van der Waals surface area contributed by atoms with E-state index in [1.807, 2.05) is 18.2 Å². The number of hydrogen-bond donors (Lipinski definition) is 1. The quantitative estimate of drug-likeness (QED) is 0.223. The summed E-state index contributed by atoms with van der Waals surface area (Å²) < 4.78 is 46.3. The van der Waals surface area contributed by atoms with Crippen LogP contribution in [0.3, 0.4) is 0 Å². The van der Waals surface area contributed by atoms with E-state index >= 15 is 0 Å². The van der Waals surface area contributed by atoms with Crippen molar-refractivity contribution in [2.75, 3.05) is 19.7 Å². The van der Waals surface area contributed by atoms with Gasteiger partial charge in [0.2, 0.25) is 0 Å². The fourth-order valence-electron chi connectivity index (χ4n) is 4.47. The first-order valence-corrected chi connectivity index (χ1v) is 13.0. The zero-order valence-electron chi connectivity index (χ0n) is 21.5. The van der Waals surface area contributed by atoms with E-state index in [-0.39, 0.29) is 23.9 Å². The van der Waals surface area contributed by atoms with Crippen molar-refractivity contribution in [2.24, 2.45) is 5.92 Å². The number of carboxylic acids is 1. The van der Waals surface area contributed by atoms with Crippen molar-refractivity contribution in [1.29, 1.82) is 0 Å². The van der Waals surface area contributed by atoms with Gasteiger partial charge in [-0.2, -0.15) is 13.2 Å². The summed E-state index contributed by atoms with van der Waals surface area (Å²) in [6.45, 7) is 6.15. The molecule has 0 amide bonds. The molecule has 0 bridgehead atoms. The third-order valence-corrected chi connectivity index (χ3v) is 6.85. The lowest BCUT2D eigenvalue weighted by Gasteiger charge is -2.31. The second kappa shape index (κ2) is 13.7. The Morgan fingerprint density at radius 2 is 1.74 bits per heavy atom. The van der Waals surface area contributed by atoms with Crippen molar-refractivity contribution in [1.82, 2.24) is 4.90 Å². The minimum absolute atomic E-state index is 0.0845. The highest BCUT2D eigenvalue weighted by Crippen LogP contribution is 2.37. The van der Waals surface area contributed by atoms with Gasteiger partial charge in [-0.05, 0) is 53.1 Å². The molecule has 0 saturated heterocycles. The molecule has 0 unspecified atom stereocenters. The fourth-order valence-corrected chi connectivity index (χ4v) is 4.77. The first-order valence-electron chi connectivity index (χ1n) is 12.6. The normalized spacial score (nSPS) is 12.6. The van der Waals surface area contributed by atoms with Gasteiger partial charge in [-0.25, -0.2) is 0 Å². The highest BCUT2D eigenvalue weighted by atomic mass is 35.5. The van der Waals surface area contributed by atoms with E-state index in [0.29, 0.717) is 48.9 Å². The second-order valence-corrected chi connectivity index (χ2v) is 10.1. The lowest BCUT2D eigenvalue weighted by atomic mass is 9.88. The molecule has 3 rings (SSSR count). The number of nitrogens with zero attached hydrogens (tertiary/aromatic N) is 1. The van der Waals surface area contributed by atoms with Crippen LogP contribution in [0.4, 0.5) is 13.2 Å². The van der Waals surface area contributed by atoms with Gasteiger partial charge in [0.1, 0.15) is 5.75 Å². The topological polar surface area (TPSA) is 49.8 Å². The summed E-state index contributed by atoms with van der Waals surface area (Å²) in [5.74, 6) is 0.157.